The van der Waals surface area contributed by atoms with Crippen LogP contribution in [-0.2, 0) is 15.0 Å². The standard InChI is InChI=1S/C11H11NO3/c1-11(2,10(14)15)8-3-5-9(6-4-8)12-7-13/h3-6H,1-2H3,(H,14,15). The van der Waals surface area contributed by atoms with Gasteiger partial charge in [-0.15, -0.1) is 0 Å². The Labute approximate surface area is 87.3 Å². The number of nitrogens with zero attached hydrogens (tertiary/aromatic N) is 1. The third kappa shape index (κ3) is 2.30. The summed E-state index contributed by atoms with van der Waals surface area (Å²) in [6.45, 7) is 3.24. The Morgan fingerprint density at radius 1 is 1.33 bits per heavy atom. The second kappa shape index (κ2) is 4.07. The molecule has 0 bridgehead atoms. The van der Waals surface area contributed by atoms with Crippen molar-refractivity contribution in [3.8, 4) is 0 Å². The number of carbonyl (C=O) groups excluding carboxylic acids is 1. The van der Waals surface area contributed by atoms with E-state index >= 15 is 0 Å². The van der Waals surface area contributed by atoms with Gasteiger partial charge in [0.25, 0.3) is 0 Å². The zero-order valence-electron chi connectivity index (χ0n) is 8.52. The van der Waals surface area contributed by atoms with Gasteiger partial charge in [0.1, 0.15) is 0 Å². The van der Waals surface area contributed by atoms with Crippen LogP contribution in [0.25, 0.3) is 0 Å². The predicted octanol–water partition coefficient (Wildman–Crippen LogP) is 2.02. The van der Waals surface area contributed by atoms with E-state index < -0.39 is 11.4 Å². The van der Waals surface area contributed by atoms with Gasteiger partial charge in [0.05, 0.1) is 11.1 Å². The van der Waals surface area contributed by atoms with E-state index in [2.05, 4.69) is 4.99 Å². The van der Waals surface area contributed by atoms with Crippen molar-refractivity contribution in [1.29, 1.82) is 0 Å². The first-order valence-electron chi connectivity index (χ1n) is 4.40. The van der Waals surface area contributed by atoms with Gasteiger partial charge in [0.2, 0.25) is 6.08 Å². The Morgan fingerprint density at radius 2 is 1.87 bits per heavy atom. The summed E-state index contributed by atoms with van der Waals surface area (Å²) in [7, 11) is 0. The second-order valence-electron chi connectivity index (χ2n) is 3.68. The Balaban J connectivity index is 3.08. The summed E-state index contributed by atoms with van der Waals surface area (Å²) in [6.07, 6.45) is 1.42. The van der Waals surface area contributed by atoms with Crippen LogP contribution >= 0.6 is 0 Å². The van der Waals surface area contributed by atoms with Crippen LogP contribution < -0.4 is 0 Å². The first-order chi connectivity index (χ1) is 6.98. The van der Waals surface area contributed by atoms with Gasteiger partial charge in [-0.05, 0) is 31.5 Å². The van der Waals surface area contributed by atoms with Crippen molar-refractivity contribution in [2.24, 2.45) is 4.99 Å². The Morgan fingerprint density at radius 3 is 2.27 bits per heavy atom. The molecule has 0 saturated heterocycles. The molecule has 1 rings (SSSR count). The molecule has 0 radical (unpaired) electrons. The summed E-state index contributed by atoms with van der Waals surface area (Å²) in [5.41, 5.74) is 0.193. The van der Waals surface area contributed by atoms with Gasteiger partial charge in [-0.2, -0.15) is 4.99 Å². The predicted molar refractivity (Wildman–Crippen MR) is 54.9 cm³/mol. The van der Waals surface area contributed by atoms with Crippen LogP contribution in [0.1, 0.15) is 19.4 Å². The summed E-state index contributed by atoms with van der Waals surface area (Å²) in [5.74, 6) is -0.894. The number of benzene rings is 1. The molecule has 0 atom stereocenters. The van der Waals surface area contributed by atoms with Crippen LogP contribution in [0.2, 0.25) is 0 Å². The molecule has 0 spiro atoms. The number of rotatable bonds is 3. The van der Waals surface area contributed by atoms with Crippen molar-refractivity contribution in [3.63, 3.8) is 0 Å². The molecule has 78 valence electrons. The normalized spacial score (nSPS) is 10.5. The van der Waals surface area contributed by atoms with Gasteiger partial charge in [-0.25, -0.2) is 4.79 Å². The fourth-order valence-corrected chi connectivity index (χ4v) is 1.13. The number of hydrogen-bond acceptors (Lipinski definition) is 3. The summed E-state index contributed by atoms with van der Waals surface area (Å²) in [4.78, 5) is 24.3. The molecule has 0 amide bonds. The maximum atomic E-state index is 10.9. The van der Waals surface area contributed by atoms with E-state index in [1.807, 2.05) is 0 Å². The van der Waals surface area contributed by atoms with E-state index in [0.29, 0.717) is 11.3 Å². The highest BCUT2D eigenvalue weighted by Gasteiger charge is 2.28. The van der Waals surface area contributed by atoms with Crippen LogP contribution in [0.15, 0.2) is 29.3 Å². The molecule has 0 fully saturated rings. The molecule has 0 aliphatic heterocycles. The highest BCUT2D eigenvalue weighted by Crippen LogP contribution is 2.25. The van der Waals surface area contributed by atoms with E-state index in [0.717, 1.165) is 0 Å². The zero-order chi connectivity index (χ0) is 11.5. The maximum absolute atomic E-state index is 10.9. The van der Waals surface area contributed by atoms with Crippen LogP contribution in [0.4, 0.5) is 5.69 Å². The van der Waals surface area contributed by atoms with Crippen LogP contribution in [0.5, 0.6) is 0 Å². The Hall–Kier alpha value is -1.93. The largest absolute Gasteiger partial charge is 0.481 e. The molecule has 1 N–H and O–H groups in total. The van der Waals surface area contributed by atoms with Crippen LogP contribution in [-0.4, -0.2) is 17.2 Å². The minimum Gasteiger partial charge on any atom is -0.481 e. The van der Waals surface area contributed by atoms with Crippen molar-refractivity contribution in [1.82, 2.24) is 0 Å². The SMILES string of the molecule is CC(C)(C(=O)O)c1ccc(N=C=O)cc1. The fourth-order valence-electron chi connectivity index (χ4n) is 1.13. The highest BCUT2D eigenvalue weighted by molar-refractivity contribution is 5.80. The number of aliphatic carboxylic acids is 1. The highest BCUT2D eigenvalue weighted by atomic mass is 16.4. The minimum atomic E-state index is -0.941. The molecule has 0 heterocycles. The summed E-state index contributed by atoms with van der Waals surface area (Å²) < 4.78 is 0. The Bertz CT molecular complexity index is 414. The van der Waals surface area contributed by atoms with Crippen molar-refractivity contribution in [2.75, 3.05) is 0 Å². The third-order valence-corrected chi connectivity index (χ3v) is 2.30. The van der Waals surface area contributed by atoms with E-state index in [1.165, 1.54) is 6.08 Å². The Kier molecular flexibility index (Phi) is 3.02. The molecule has 1 aromatic carbocycles. The van der Waals surface area contributed by atoms with E-state index in [4.69, 9.17) is 5.11 Å². The van der Waals surface area contributed by atoms with Gasteiger partial charge in [0, 0.05) is 0 Å². The molecule has 0 aliphatic carbocycles. The molecule has 15 heavy (non-hydrogen) atoms. The molecule has 1 aromatic rings. The van der Waals surface area contributed by atoms with E-state index in [-0.39, 0.29) is 0 Å². The smallest absolute Gasteiger partial charge is 0.313 e. The number of hydrogen-bond donors (Lipinski definition) is 1. The van der Waals surface area contributed by atoms with Crippen molar-refractivity contribution >= 4 is 17.7 Å². The second-order valence-corrected chi connectivity index (χ2v) is 3.68. The van der Waals surface area contributed by atoms with Gasteiger partial charge >= 0.3 is 5.97 Å². The molecule has 0 unspecified atom stereocenters. The lowest BCUT2D eigenvalue weighted by atomic mass is 9.85. The summed E-state index contributed by atoms with van der Waals surface area (Å²) in [6, 6.07) is 6.46. The number of carbonyl (C=O) groups is 1. The van der Waals surface area contributed by atoms with Gasteiger partial charge in [-0.3, -0.25) is 4.79 Å². The first-order valence-corrected chi connectivity index (χ1v) is 4.40. The van der Waals surface area contributed by atoms with Crippen LogP contribution in [0, 0.1) is 0 Å². The van der Waals surface area contributed by atoms with Gasteiger partial charge < -0.3 is 5.11 Å². The maximum Gasteiger partial charge on any atom is 0.313 e. The number of carboxylic acid groups (broad SMARTS) is 1. The van der Waals surface area contributed by atoms with Gasteiger partial charge in [-0.1, -0.05) is 12.1 Å². The lowest BCUT2D eigenvalue weighted by Crippen LogP contribution is -2.28. The topological polar surface area (TPSA) is 66.7 Å². The van der Waals surface area contributed by atoms with E-state index in [1.54, 1.807) is 38.1 Å². The van der Waals surface area contributed by atoms with Crippen molar-refractivity contribution in [3.05, 3.63) is 29.8 Å². The lowest BCUT2D eigenvalue weighted by molar-refractivity contribution is -0.142. The van der Waals surface area contributed by atoms with Crippen LogP contribution in [0.3, 0.4) is 0 Å². The number of aliphatic imine (C=N–C) groups is 1. The number of isocyanates is 1. The third-order valence-electron chi connectivity index (χ3n) is 2.30. The summed E-state index contributed by atoms with van der Waals surface area (Å²) >= 11 is 0. The zero-order valence-corrected chi connectivity index (χ0v) is 8.52. The molecule has 0 aromatic heterocycles. The molecule has 0 saturated carbocycles. The molecular formula is C11H11NO3. The van der Waals surface area contributed by atoms with E-state index in [9.17, 15) is 9.59 Å². The summed E-state index contributed by atoms with van der Waals surface area (Å²) in [5, 5.41) is 8.98. The molecular weight excluding hydrogens is 194 g/mol. The number of carboxylic acids is 1. The average molecular weight is 205 g/mol. The van der Waals surface area contributed by atoms with Crippen molar-refractivity contribution in [2.45, 2.75) is 19.3 Å². The minimum absolute atomic E-state index is 0.468. The van der Waals surface area contributed by atoms with Gasteiger partial charge in [0.15, 0.2) is 0 Å². The monoisotopic (exact) mass is 205 g/mol. The molecule has 0 aliphatic rings. The first kappa shape index (κ1) is 11.1. The fraction of sp³-hybridized carbons (Fsp3) is 0.273. The average Bonchev–Trinajstić information content (AvgIpc) is 2.19. The van der Waals surface area contributed by atoms with Crippen molar-refractivity contribution < 1.29 is 14.7 Å². The lowest BCUT2D eigenvalue weighted by Gasteiger charge is -2.19. The quantitative estimate of drug-likeness (QED) is 0.606. The molecule has 4 nitrogen and oxygen atoms in total. The molecule has 4 heteroatoms.